The van der Waals surface area contributed by atoms with Crippen molar-refractivity contribution in [1.29, 1.82) is 0 Å². The lowest BCUT2D eigenvalue weighted by Crippen LogP contribution is -2.46. The number of nitrogens with zero attached hydrogens (tertiary/aromatic N) is 2. The molecular weight excluding hydrogens is 250 g/mol. The van der Waals surface area contributed by atoms with Crippen LogP contribution in [-0.2, 0) is 4.74 Å². The largest absolute Gasteiger partial charge is 0.379 e. The standard InChI is InChI=1S/C16H29N3O/c1-2-13-10-17-16(15(13)3-1)12-18-5-4-14(11-18)19-6-8-20-9-7-19/h13-17H,1-12H2. The van der Waals surface area contributed by atoms with Crippen molar-refractivity contribution in [2.45, 2.75) is 37.8 Å². The van der Waals surface area contributed by atoms with Crippen LogP contribution in [0.1, 0.15) is 25.7 Å². The van der Waals surface area contributed by atoms with E-state index in [9.17, 15) is 0 Å². The molecule has 1 saturated carbocycles. The van der Waals surface area contributed by atoms with Crippen LogP contribution in [0.4, 0.5) is 0 Å². The normalized spacial score (nSPS) is 43.2. The number of fused-ring (bicyclic) bond motifs is 1. The molecule has 20 heavy (non-hydrogen) atoms. The van der Waals surface area contributed by atoms with Gasteiger partial charge in [0.1, 0.15) is 0 Å². The molecule has 0 spiro atoms. The van der Waals surface area contributed by atoms with Crippen LogP contribution < -0.4 is 5.32 Å². The van der Waals surface area contributed by atoms with Crippen molar-refractivity contribution >= 4 is 0 Å². The van der Waals surface area contributed by atoms with Crippen molar-refractivity contribution in [3.8, 4) is 0 Å². The third-order valence-electron chi connectivity index (χ3n) is 6.14. The Morgan fingerprint density at radius 3 is 2.85 bits per heavy atom. The van der Waals surface area contributed by atoms with Gasteiger partial charge in [-0.15, -0.1) is 0 Å². The molecule has 4 nitrogen and oxygen atoms in total. The van der Waals surface area contributed by atoms with Crippen LogP contribution in [0, 0.1) is 11.8 Å². The molecule has 114 valence electrons. The van der Waals surface area contributed by atoms with Crippen molar-refractivity contribution in [3.63, 3.8) is 0 Å². The van der Waals surface area contributed by atoms with Gasteiger partial charge < -0.3 is 15.0 Å². The average molecular weight is 279 g/mol. The molecule has 4 fully saturated rings. The Balaban J connectivity index is 1.28. The maximum absolute atomic E-state index is 5.48. The highest BCUT2D eigenvalue weighted by atomic mass is 16.5. The molecule has 4 rings (SSSR count). The highest BCUT2D eigenvalue weighted by molar-refractivity contribution is 4.97. The Morgan fingerprint density at radius 2 is 1.95 bits per heavy atom. The number of nitrogens with one attached hydrogen (secondary N) is 1. The summed E-state index contributed by atoms with van der Waals surface area (Å²) in [5, 5.41) is 3.80. The number of likely N-dealkylation sites (tertiary alicyclic amines) is 1. The predicted molar refractivity (Wildman–Crippen MR) is 79.9 cm³/mol. The molecule has 0 aromatic heterocycles. The molecule has 0 aromatic carbocycles. The van der Waals surface area contributed by atoms with E-state index in [1.165, 1.54) is 51.9 Å². The van der Waals surface area contributed by atoms with Crippen LogP contribution in [0.2, 0.25) is 0 Å². The lowest BCUT2D eigenvalue weighted by atomic mass is 9.94. The second-order valence-corrected chi connectivity index (χ2v) is 7.22. The quantitative estimate of drug-likeness (QED) is 0.826. The van der Waals surface area contributed by atoms with Crippen LogP contribution in [0.3, 0.4) is 0 Å². The summed E-state index contributed by atoms with van der Waals surface area (Å²) in [6.45, 7) is 9.33. The van der Waals surface area contributed by atoms with E-state index >= 15 is 0 Å². The summed E-state index contributed by atoms with van der Waals surface area (Å²) in [6, 6.07) is 1.57. The van der Waals surface area contributed by atoms with Gasteiger partial charge in [0.2, 0.25) is 0 Å². The Bertz CT molecular complexity index is 332. The van der Waals surface area contributed by atoms with Crippen molar-refractivity contribution in [3.05, 3.63) is 0 Å². The Morgan fingerprint density at radius 1 is 1.05 bits per heavy atom. The Kier molecular flexibility index (Phi) is 3.99. The van der Waals surface area contributed by atoms with Gasteiger partial charge in [0, 0.05) is 38.3 Å². The van der Waals surface area contributed by atoms with Gasteiger partial charge >= 0.3 is 0 Å². The molecule has 0 radical (unpaired) electrons. The first-order valence-corrected chi connectivity index (χ1v) is 8.68. The minimum Gasteiger partial charge on any atom is -0.379 e. The number of ether oxygens (including phenoxy) is 1. The van der Waals surface area contributed by atoms with E-state index in [2.05, 4.69) is 15.1 Å². The van der Waals surface area contributed by atoms with Gasteiger partial charge in [0.25, 0.3) is 0 Å². The zero-order chi connectivity index (χ0) is 13.4. The number of hydrogen-bond acceptors (Lipinski definition) is 4. The molecule has 4 heteroatoms. The van der Waals surface area contributed by atoms with Gasteiger partial charge in [-0.1, -0.05) is 6.42 Å². The molecule has 4 atom stereocenters. The van der Waals surface area contributed by atoms with Crippen LogP contribution in [-0.4, -0.2) is 74.4 Å². The molecule has 3 aliphatic heterocycles. The van der Waals surface area contributed by atoms with Crippen molar-refractivity contribution in [2.24, 2.45) is 11.8 Å². The molecule has 3 saturated heterocycles. The minimum absolute atomic E-state index is 0.783. The number of rotatable bonds is 3. The smallest absolute Gasteiger partial charge is 0.0594 e. The van der Waals surface area contributed by atoms with E-state index in [0.29, 0.717) is 0 Å². The molecule has 3 heterocycles. The Labute approximate surface area is 122 Å². The fourth-order valence-corrected chi connectivity index (χ4v) is 5.00. The summed E-state index contributed by atoms with van der Waals surface area (Å²) < 4.78 is 5.48. The molecule has 0 amide bonds. The monoisotopic (exact) mass is 279 g/mol. The zero-order valence-electron chi connectivity index (χ0n) is 12.6. The average Bonchev–Trinajstić information content (AvgIpc) is 3.19. The molecule has 1 N–H and O–H groups in total. The summed E-state index contributed by atoms with van der Waals surface area (Å²) in [5.74, 6) is 1.98. The molecule has 4 aliphatic rings. The van der Waals surface area contributed by atoms with E-state index in [-0.39, 0.29) is 0 Å². The minimum atomic E-state index is 0.783. The van der Waals surface area contributed by atoms with Gasteiger partial charge in [-0.25, -0.2) is 0 Å². The van der Waals surface area contributed by atoms with Crippen molar-refractivity contribution in [2.75, 3.05) is 52.5 Å². The van der Waals surface area contributed by atoms with E-state index in [1.54, 1.807) is 0 Å². The van der Waals surface area contributed by atoms with Crippen LogP contribution in [0.5, 0.6) is 0 Å². The van der Waals surface area contributed by atoms with Crippen LogP contribution >= 0.6 is 0 Å². The highest BCUT2D eigenvalue weighted by Gasteiger charge is 2.40. The van der Waals surface area contributed by atoms with E-state index in [1.807, 2.05) is 0 Å². The summed E-state index contributed by atoms with van der Waals surface area (Å²) >= 11 is 0. The fourth-order valence-electron chi connectivity index (χ4n) is 5.00. The summed E-state index contributed by atoms with van der Waals surface area (Å²) in [6.07, 6.45) is 5.79. The van der Waals surface area contributed by atoms with Crippen molar-refractivity contribution < 1.29 is 4.74 Å². The predicted octanol–water partition coefficient (Wildman–Crippen LogP) is 0.781. The van der Waals surface area contributed by atoms with E-state index < -0.39 is 0 Å². The second-order valence-electron chi connectivity index (χ2n) is 7.22. The topological polar surface area (TPSA) is 27.7 Å². The van der Waals surface area contributed by atoms with Crippen LogP contribution in [0.25, 0.3) is 0 Å². The highest BCUT2D eigenvalue weighted by Crippen LogP contribution is 2.38. The van der Waals surface area contributed by atoms with Gasteiger partial charge in [0.05, 0.1) is 13.2 Å². The number of hydrogen-bond donors (Lipinski definition) is 1. The summed E-state index contributed by atoms with van der Waals surface area (Å²) in [5.41, 5.74) is 0. The van der Waals surface area contributed by atoms with Crippen LogP contribution in [0.15, 0.2) is 0 Å². The second kappa shape index (κ2) is 5.91. The first kappa shape index (κ1) is 13.5. The maximum Gasteiger partial charge on any atom is 0.0594 e. The molecular formula is C16H29N3O. The molecule has 4 unspecified atom stereocenters. The lowest BCUT2D eigenvalue weighted by molar-refractivity contribution is 0.0183. The van der Waals surface area contributed by atoms with E-state index in [0.717, 1.165) is 50.2 Å². The van der Waals surface area contributed by atoms with Gasteiger partial charge in [-0.05, 0) is 44.2 Å². The first-order chi connectivity index (χ1) is 9.90. The zero-order valence-corrected chi connectivity index (χ0v) is 12.6. The number of morpholine rings is 1. The van der Waals surface area contributed by atoms with E-state index in [4.69, 9.17) is 4.74 Å². The first-order valence-electron chi connectivity index (χ1n) is 8.68. The van der Waals surface area contributed by atoms with Crippen molar-refractivity contribution in [1.82, 2.24) is 15.1 Å². The third kappa shape index (κ3) is 2.63. The van der Waals surface area contributed by atoms with Gasteiger partial charge in [0.15, 0.2) is 0 Å². The molecule has 1 aliphatic carbocycles. The summed E-state index contributed by atoms with van der Waals surface area (Å²) in [4.78, 5) is 5.38. The van der Waals surface area contributed by atoms with Gasteiger partial charge in [-0.2, -0.15) is 0 Å². The van der Waals surface area contributed by atoms with Gasteiger partial charge in [-0.3, -0.25) is 4.90 Å². The Hall–Kier alpha value is -0.160. The lowest BCUT2D eigenvalue weighted by Gasteiger charge is -2.32. The molecule has 0 bridgehead atoms. The third-order valence-corrected chi connectivity index (χ3v) is 6.14. The molecule has 0 aromatic rings. The fraction of sp³-hybridized carbons (Fsp3) is 1.00. The summed E-state index contributed by atoms with van der Waals surface area (Å²) in [7, 11) is 0. The SMILES string of the molecule is C1CC2CNC(CN3CCC(N4CCOCC4)C3)C2C1. The maximum atomic E-state index is 5.48.